The van der Waals surface area contributed by atoms with Gasteiger partial charge in [-0.3, -0.25) is 4.79 Å². The topological polar surface area (TPSA) is 75.3 Å². The Bertz CT molecular complexity index is 437. The first-order valence-electron chi connectivity index (χ1n) is 5.90. The molecule has 1 aromatic carbocycles. The minimum Gasteiger partial charge on any atom is -0.396 e. The maximum Gasteiger partial charge on any atom is 0.251 e. The van der Waals surface area contributed by atoms with Crippen molar-refractivity contribution in [2.75, 3.05) is 12.3 Å². The fraction of sp³-hybridized carbons (Fsp3) is 0.462. The highest BCUT2D eigenvalue weighted by atomic mass is 19.1. The van der Waals surface area contributed by atoms with Gasteiger partial charge in [0, 0.05) is 17.7 Å². The van der Waals surface area contributed by atoms with Crippen molar-refractivity contribution in [1.82, 2.24) is 5.32 Å². The number of nitrogens with one attached hydrogen (secondary N) is 1. The minimum absolute atomic E-state index is 0.0132. The molecule has 1 aromatic rings. The molecule has 0 radical (unpaired) electrons. The first-order valence-corrected chi connectivity index (χ1v) is 5.90. The molecule has 100 valence electrons. The van der Waals surface area contributed by atoms with Gasteiger partial charge in [0.25, 0.3) is 5.91 Å². The maximum atomic E-state index is 13.3. The number of rotatable bonds is 5. The fourth-order valence-corrected chi connectivity index (χ4v) is 1.59. The molecule has 0 saturated heterocycles. The molecule has 1 unspecified atom stereocenters. The lowest BCUT2D eigenvalue weighted by Crippen LogP contribution is -2.46. The van der Waals surface area contributed by atoms with Crippen LogP contribution in [0.1, 0.15) is 37.0 Å². The highest BCUT2D eigenvalue weighted by molar-refractivity contribution is 5.95. The fourth-order valence-electron chi connectivity index (χ4n) is 1.59. The summed E-state index contributed by atoms with van der Waals surface area (Å²) in [6, 6.07) is 3.95. The Balaban J connectivity index is 2.84. The van der Waals surface area contributed by atoms with Gasteiger partial charge >= 0.3 is 0 Å². The van der Waals surface area contributed by atoms with Crippen molar-refractivity contribution >= 4 is 11.6 Å². The number of anilines is 1. The summed E-state index contributed by atoms with van der Waals surface area (Å²) in [6.07, 6.45) is 1.13. The van der Waals surface area contributed by atoms with E-state index in [-0.39, 0.29) is 23.8 Å². The summed E-state index contributed by atoms with van der Waals surface area (Å²) < 4.78 is 13.3. The lowest BCUT2D eigenvalue weighted by atomic mass is 9.94. The third kappa shape index (κ3) is 3.43. The van der Waals surface area contributed by atoms with Crippen LogP contribution in [-0.4, -0.2) is 23.2 Å². The molecule has 4 N–H and O–H groups in total. The second-order valence-corrected chi connectivity index (χ2v) is 4.58. The normalized spacial score (nSPS) is 14.0. The van der Waals surface area contributed by atoms with Crippen LogP contribution in [0, 0.1) is 5.82 Å². The number of carbonyl (C=O) groups is 1. The number of hydrogen-bond donors (Lipinski definition) is 3. The molecule has 0 aliphatic heterocycles. The van der Waals surface area contributed by atoms with E-state index >= 15 is 0 Å². The molecule has 0 spiro atoms. The van der Waals surface area contributed by atoms with Gasteiger partial charge in [-0.25, -0.2) is 4.39 Å². The number of carbonyl (C=O) groups excluding carboxylic acids is 1. The monoisotopic (exact) mass is 254 g/mol. The molecule has 18 heavy (non-hydrogen) atoms. The van der Waals surface area contributed by atoms with Crippen molar-refractivity contribution in [3.05, 3.63) is 29.6 Å². The second kappa shape index (κ2) is 5.82. The summed E-state index contributed by atoms with van der Waals surface area (Å²) in [5, 5.41) is 11.8. The Labute approximate surface area is 106 Å². The van der Waals surface area contributed by atoms with Crippen LogP contribution in [0.5, 0.6) is 0 Å². The highest BCUT2D eigenvalue weighted by Gasteiger charge is 2.24. The minimum atomic E-state index is -0.608. The van der Waals surface area contributed by atoms with Crippen molar-refractivity contribution < 1.29 is 14.3 Å². The van der Waals surface area contributed by atoms with E-state index in [0.29, 0.717) is 12.8 Å². The van der Waals surface area contributed by atoms with Gasteiger partial charge in [0.15, 0.2) is 0 Å². The molecule has 0 fully saturated rings. The summed E-state index contributed by atoms with van der Waals surface area (Å²) in [7, 11) is 0. The number of aliphatic hydroxyl groups is 1. The number of halogens is 1. The van der Waals surface area contributed by atoms with Gasteiger partial charge in [0.2, 0.25) is 0 Å². The third-order valence-electron chi connectivity index (χ3n) is 3.12. The molecular formula is C13H19FN2O2. The molecular weight excluding hydrogens is 235 g/mol. The lowest BCUT2D eigenvalue weighted by Gasteiger charge is -2.29. The van der Waals surface area contributed by atoms with Crippen LogP contribution >= 0.6 is 0 Å². The Morgan fingerprint density at radius 3 is 2.72 bits per heavy atom. The molecule has 4 nitrogen and oxygen atoms in total. The van der Waals surface area contributed by atoms with Crippen molar-refractivity contribution in [2.45, 2.75) is 32.2 Å². The van der Waals surface area contributed by atoms with Crippen molar-refractivity contribution in [1.29, 1.82) is 0 Å². The van der Waals surface area contributed by atoms with Crippen LogP contribution in [0.15, 0.2) is 18.2 Å². The number of hydrogen-bond acceptors (Lipinski definition) is 3. The van der Waals surface area contributed by atoms with Gasteiger partial charge in [-0.15, -0.1) is 0 Å². The zero-order valence-corrected chi connectivity index (χ0v) is 10.7. The van der Waals surface area contributed by atoms with Crippen molar-refractivity contribution in [2.24, 2.45) is 0 Å². The first-order chi connectivity index (χ1) is 8.41. The van der Waals surface area contributed by atoms with Gasteiger partial charge in [0.1, 0.15) is 5.82 Å². The second-order valence-electron chi connectivity index (χ2n) is 4.58. The van der Waals surface area contributed by atoms with Crippen LogP contribution in [0.25, 0.3) is 0 Å². The van der Waals surface area contributed by atoms with E-state index in [2.05, 4.69) is 5.32 Å². The van der Waals surface area contributed by atoms with E-state index in [1.54, 1.807) is 0 Å². The molecule has 0 aromatic heterocycles. The standard InChI is InChI=1S/C13H19FN2O2/c1-3-13(2,6-7-17)16-12(18)9-4-5-11(15)10(14)8-9/h4-5,8,17H,3,6-7,15H2,1-2H3,(H,16,18). The zero-order valence-electron chi connectivity index (χ0n) is 10.7. The Morgan fingerprint density at radius 2 is 2.22 bits per heavy atom. The smallest absolute Gasteiger partial charge is 0.251 e. The van der Waals surface area contributed by atoms with Crippen molar-refractivity contribution in [3.8, 4) is 0 Å². The van der Waals surface area contributed by atoms with Crippen LogP contribution in [-0.2, 0) is 0 Å². The Morgan fingerprint density at radius 1 is 1.56 bits per heavy atom. The van der Waals surface area contributed by atoms with E-state index in [1.165, 1.54) is 12.1 Å². The quantitative estimate of drug-likeness (QED) is 0.700. The van der Waals surface area contributed by atoms with Crippen LogP contribution in [0.3, 0.4) is 0 Å². The van der Waals surface area contributed by atoms with Gasteiger partial charge < -0.3 is 16.2 Å². The van der Waals surface area contributed by atoms with Crippen molar-refractivity contribution in [3.63, 3.8) is 0 Å². The largest absolute Gasteiger partial charge is 0.396 e. The predicted molar refractivity (Wildman–Crippen MR) is 68.7 cm³/mol. The summed E-state index contributed by atoms with van der Waals surface area (Å²) in [6.45, 7) is 3.75. The SMILES string of the molecule is CCC(C)(CCO)NC(=O)c1ccc(N)c(F)c1. The van der Waals surface area contributed by atoms with E-state index in [9.17, 15) is 9.18 Å². The molecule has 1 amide bonds. The first kappa shape index (κ1) is 14.4. The van der Waals surface area contributed by atoms with Gasteiger partial charge in [-0.2, -0.15) is 0 Å². The highest BCUT2D eigenvalue weighted by Crippen LogP contribution is 2.17. The molecule has 0 heterocycles. The predicted octanol–water partition coefficient (Wildman–Crippen LogP) is 1.69. The number of aliphatic hydroxyl groups excluding tert-OH is 1. The average molecular weight is 254 g/mol. The lowest BCUT2D eigenvalue weighted by molar-refractivity contribution is 0.0885. The molecule has 0 aliphatic carbocycles. The third-order valence-corrected chi connectivity index (χ3v) is 3.12. The Kier molecular flexibility index (Phi) is 4.67. The summed E-state index contributed by atoms with van der Waals surface area (Å²) >= 11 is 0. The average Bonchev–Trinajstić information content (AvgIpc) is 2.32. The van der Waals surface area contributed by atoms with E-state index in [1.807, 2.05) is 13.8 Å². The molecule has 0 bridgehead atoms. The summed E-state index contributed by atoms with van der Waals surface area (Å²) in [5.41, 5.74) is 5.09. The number of benzene rings is 1. The molecule has 0 saturated carbocycles. The Hall–Kier alpha value is -1.62. The maximum absolute atomic E-state index is 13.3. The molecule has 0 aliphatic rings. The van der Waals surface area contributed by atoms with E-state index in [4.69, 9.17) is 10.8 Å². The van der Waals surface area contributed by atoms with E-state index < -0.39 is 11.4 Å². The number of amides is 1. The summed E-state index contributed by atoms with van der Waals surface area (Å²) in [4.78, 5) is 12.0. The van der Waals surface area contributed by atoms with Gasteiger partial charge in [-0.05, 0) is 38.0 Å². The number of nitrogen functional groups attached to an aromatic ring is 1. The number of nitrogens with two attached hydrogens (primary N) is 1. The van der Waals surface area contributed by atoms with Crippen LogP contribution in [0.2, 0.25) is 0 Å². The van der Waals surface area contributed by atoms with Crippen LogP contribution in [0.4, 0.5) is 10.1 Å². The van der Waals surface area contributed by atoms with E-state index in [0.717, 1.165) is 6.07 Å². The van der Waals surface area contributed by atoms with Gasteiger partial charge in [-0.1, -0.05) is 6.92 Å². The summed E-state index contributed by atoms with van der Waals surface area (Å²) in [5.74, 6) is -0.977. The van der Waals surface area contributed by atoms with Crippen LogP contribution < -0.4 is 11.1 Å². The zero-order chi connectivity index (χ0) is 13.8. The van der Waals surface area contributed by atoms with Gasteiger partial charge in [0.05, 0.1) is 5.69 Å². The molecule has 5 heteroatoms. The molecule has 1 atom stereocenters. The molecule has 1 rings (SSSR count).